The van der Waals surface area contributed by atoms with Crippen molar-refractivity contribution in [1.82, 2.24) is 24.4 Å². The lowest BCUT2D eigenvalue weighted by atomic mass is 10.0. The molecule has 3 aromatic carbocycles. The van der Waals surface area contributed by atoms with Gasteiger partial charge in [-0.3, -0.25) is 14.2 Å². The lowest BCUT2D eigenvalue weighted by Crippen LogP contribution is -2.36. The molecule has 11 heteroatoms. The highest BCUT2D eigenvalue weighted by Crippen LogP contribution is 2.22. The van der Waals surface area contributed by atoms with Gasteiger partial charge in [0, 0.05) is 48.6 Å². The Bertz CT molecular complexity index is 2100. The largest absolute Gasteiger partial charge is 0.380 e. The second kappa shape index (κ2) is 14.6. The molecular weight excluding hydrogens is 617 g/mol. The van der Waals surface area contributed by atoms with Crippen molar-refractivity contribution in [2.45, 2.75) is 44.7 Å². The Labute approximate surface area is 275 Å². The van der Waals surface area contributed by atoms with Crippen LogP contribution in [-0.2, 0) is 13.0 Å². The fourth-order valence-electron chi connectivity index (χ4n) is 5.64. The van der Waals surface area contributed by atoms with Crippen molar-refractivity contribution in [2.24, 2.45) is 0 Å². The molecule has 1 fully saturated rings. The van der Waals surface area contributed by atoms with E-state index in [1.54, 1.807) is 12.3 Å². The highest BCUT2D eigenvalue weighted by atomic mass is 19.2. The van der Waals surface area contributed by atoms with Crippen LogP contribution in [-0.4, -0.2) is 56.4 Å². The first-order chi connectivity index (χ1) is 23.2. The van der Waals surface area contributed by atoms with E-state index in [-0.39, 0.29) is 36.8 Å². The van der Waals surface area contributed by atoms with Crippen LogP contribution in [0.1, 0.15) is 58.6 Å². The van der Waals surface area contributed by atoms with Gasteiger partial charge in [-0.1, -0.05) is 24.0 Å². The zero-order valence-corrected chi connectivity index (χ0v) is 26.3. The number of nitrogens with one attached hydrogen (secondary N) is 1. The number of halogens is 3. The number of piperidine rings is 1. The molecule has 0 unspecified atom stereocenters. The van der Waals surface area contributed by atoms with Crippen molar-refractivity contribution in [1.29, 1.82) is 0 Å². The van der Waals surface area contributed by atoms with Crippen molar-refractivity contribution in [3.63, 3.8) is 0 Å². The quantitative estimate of drug-likeness (QED) is 0.160. The predicted octanol–water partition coefficient (Wildman–Crippen LogP) is 5.76. The average Bonchev–Trinajstić information content (AvgIpc) is 3.08. The van der Waals surface area contributed by atoms with Gasteiger partial charge >= 0.3 is 0 Å². The molecular formula is C37H33F3N6O2. The highest BCUT2D eigenvalue weighted by molar-refractivity contribution is 5.95. The Morgan fingerprint density at radius 1 is 0.958 bits per heavy atom. The molecule has 0 amide bonds. The summed E-state index contributed by atoms with van der Waals surface area (Å²) in [6, 6.07) is 14.4. The van der Waals surface area contributed by atoms with Gasteiger partial charge in [-0.2, -0.15) is 0 Å². The monoisotopic (exact) mass is 650 g/mol. The molecule has 0 spiro atoms. The van der Waals surface area contributed by atoms with Crippen LogP contribution in [0.3, 0.4) is 0 Å². The normalized spacial score (nSPS) is 13.7. The third-order valence-corrected chi connectivity index (χ3v) is 8.35. The lowest BCUT2D eigenvalue weighted by Gasteiger charge is -2.30. The van der Waals surface area contributed by atoms with Gasteiger partial charge in [0.1, 0.15) is 17.2 Å². The Kier molecular flexibility index (Phi) is 9.92. The molecule has 0 radical (unpaired) electrons. The van der Waals surface area contributed by atoms with Crippen LogP contribution in [0.25, 0.3) is 10.9 Å². The fourth-order valence-corrected chi connectivity index (χ4v) is 5.64. The van der Waals surface area contributed by atoms with Gasteiger partial charge < -0.3 is 10.2 Å². The van der Waals surface area contributed by atoms with Crippen molar-refractivity contribution in [3.8, 4) is 11.8 Å². The summed E-state index contributed by atoms with van der Waals surface area (Å²) in [4.78, 5) is 41.0. The van der Waals surface area contributed by atoms with E-state index in [4.69, 9.17) is 0 Å². The number of nitrogens with zero attached hydrogens (tertiary/aromatic N) is 5. The molecule has 8 nitrogen and oxygen atoms in total. The molecule has 0 atom stereocenters. The van der Waals surface area contributed by atoms with Crippen LogP contribution >= 0.6 is 0 Å². The molecule has 1 N–H and O–H groups in total. The summed E-state index contributed by atoms with van der Waals surface area (Å²) in [5, 5.41) is 4.13. The first-order valence-electron chi connectivity index (χ1n) is 15.7. The van der Waals surface area contributed by atoms with Crippen LogP contribution in [0.5, 0.6) is 0 Å². The molecule has 3 heterocycles. The van der Waals surface area contributed by atoms with E-state index in [0.717, 1.165) is 60.1 Å². The number of rotatable bonds is 9. The van der Waals surface area contributed by atoms with E-state index in [1.165, 1.54) is 29.2 Å². The van der Waals surface area contributed by atoms with Crippen molar-refractivity contribution >= 4 is 22.4 Å². The molecule has 48 heavy (non-hydrogen) atoms. The Morgan fingerprint density at radius 3 is 2.54 bits per heavy atom. The van der Waals surface area contributed by atoms with Crippen LogP contribution in [0, 0.1) is 29.3 Å². The standard InChI is InChI=1S/C37H33F3N6O2/c1-45-14-12-28(13-15-45)43-34-11-8-25(17-32(34)40)19-36-42-20-27-16-24(7-10-33(27)44-36)4-2-3-5-35(47)29-21-41-23-46(37(29)48)22-26-6-9-30(38)31(39)18-26/h6-11,16-18,20-21,23,28,43H,3,5,12-15,19,22H2,1H3. The lowest BCUT2D eigenvalue weighted by molar-refractivity contribution is 0.0981. The minimum atomic E-state index is -1.02. The van der Waals surface area contributed by atoms with Crippen molar-refractivity contribution in [3.05, 3.63) is 129 Å². The Hall–Kier alpha value is -5.34. The molecule has 244 valence electrons. The number of aromatic nitrogens is 4. The first kappa shape index (κ1) is 32.6. The summed E-state index contributed by atoms with van der Waals surface area (Å²) in [5.74, 6) is 3.89. The molecule has 0 aliphatic carbocycles. The second-order valence-corrected chi connectivity index (χ2v) is 12.0. The van der Waals surface area contributed by atoms with Crippen LogP contribution in [0.2, 0.25) is 0 Å². The average molecular weight is 651 g/mol. The topological polar surface area (TPSA) is 93.0 Å². The minimum absolute atomic E-state index is 0.00891. The summed E-state index contributed by atoms with van der Waals surface area (Å²) < 4.78 is 42.9. The summed E-state index contributed by atoms with van der Waals surface area (Å²) in [6.07, 6.45) is 6.76. The van der Waals surface area contributed by atoms with E-state index >= 15 is 0 Å². The summed E-state index contributed by atoms with van der Waals surface area (Å²) in [7, 11) is 2.10. The van der Waals surface area contributed by atoms with Gasteiger partial charge in [0.25, 0.3) is 5.56 Å². The number of Topliss-reactive ketones (excluding diaryl/α,β-unsaturated/α-hetero) is 1. The van der Waals surface area contributed by atoms with E-state index < -0.39 is 23.0 Å². The molecule has 1 aliphatic rings. The summed E-state index contributed by atoms with van der Waals surface area (Å²) in [5.41, 5.74) is 2.46. The Morgan fingerprint density at radius 2 is 1.75 bits per heavy atom. The molecule has 1 saturated heterocycles. The minimum Gasteiger partial charge on any atom is -0.380 e. The van der Waals surface area contributed by atoms with E-state index in [2.05, 4.69) is 44.1 Å². The van der Waals surface area contributed by atoms with Crippen LogP contribution < -0.4 is 10.9 Å². The Balaban J connectivity index is 1.04. The second-order valence-electron chi connectivity index (χ2n) is 12.0. The third kappa shape index (κ3) is 7.96. The van der Waals surface area contributed by atoms with Crippen molar-refractivity contribution < 1.29 is 18.0 Å². The van der Waals surface area contributed by atoms with Crippen LogP contribution in [0.15, 0.2) is 78.1 Å². The third-order valence-electron chi connectivity index (χ3n) is 8.35. The molecule has 2 aromatic heterocycles. The van der Waals surface area contributed by atoms with E-state index in [1.807, 2.05) is 24.3 Å². The van der Waals surface area contributed by atoms with Crippen LogP contribution in [0.4, 0.5) is 18.9 Å². The fraction of sp³-hybridized carbons (Fsp3) is 0.270. The van der Waals surface area contributed by atoms with E-state index in [0.29, 0.717) is 23.5 Å². The molecule has 0 saturated carbocycles. The molecule has 6 rings (SSSR count). The molecule has 1 aliphatic heterocycles. The number of carbonyl (C=O) groups is 1. The highest BCUT2D eigenvalue weighted by Gasteiger charge is 2.18. The SMILES string of the molecule is CN1CCC(Nc2ccc(Cc3ncc4cc(C#CCCC(=O)c5cncn(Cc6ccc(F)c(F)c6)c5=O)ccc4n3)cc2F)CC1. The maximum atomic E-state index is 14.9. The van der Waals surface area contributed by atoms with Gasteiger partial charge in [0.2, 0.25) is 0 Å². The number of benzene rings is 3. The smallest absolute Gasteiger partial charge is 0.264 e. The molecule has 5 aromatic rings. The molecule has 0 bridgehead atoms. The van der Waals surface area contributed by atoms with Gasteiger partial charge in [-0.25, -0.2) is 28.1 Å². The number of anilines is 1. The van der Waals surface area contributed by atoms with E-state index in [9.17, 15) is 22.8 Å². The maximum Gasteiger partial charge on any atom is 0.264 e. The zero-order chi connectivity index (χ0) is 33.6. The number of carbonyl (C=O) groups excluding carboxylic acids is 1. The summed E-state index contributed by atoms with van der Waals surface area (Å²) in [6.45, 7) is 1.94. The van der Waals surface area contributed by atoms with Gasteiger partial charge in [0.05, 0.1) is 24.1 Å². The van der Waals surface area contributed by atoms with Gasteiger partial charge in [-0.05, 0) is 86.6 Å². The van der Waals surface area contributed by atoms with Gasteiger partial charge in [-0.15, -0.1) is 0 Å². The van der Waals surface area contributed by atoms with Gasteiger partial charge in [0.15, 0.2) is 17.4 Å². The predicted molar refractivity (Wildman–Crippen MR) is 177 cm³/mol. The number of ketones is 1. The number of fused-ring (bicyclic) bond motifs is 1. The summed E-state index contributed by atoms with van der Waals surface area (Å²) >= 11 is 0. The van der Waals surface area contributed by atoms with Crippen molar-refractivity contribution in [2.75, 3.05) is 25.5 Å². The number of hydrogen-bond acceptors (Lipinski definition) is 7. The zero-order valence-electron chi connectivity index (χ0n) is 26.3. The number of likely N-dealkylation sites (tertiary alicyclic amines) is 1. The number of hydrogen-bond donors (Lipinski definition) is 1. The maximum absolute atomic E-state index is 14.9. The first-order valence-corrected chi connectivity index (χ1v) is 15.7.